The number of fused-ring (bicyclic) bond motifs is 1. The van der Waals surface area contributed by atoms with Crippen molar-refractivity contribution >= 4 is 29.1 Å². The van der Waals surface area contributed by atoms with Crippen molar-refractivity contribution in [2.24, 2.45) is 0 Å². The number of benzene rings is 1. The minimum atomic E-state index is -1.25. The lowest BCUT2D eigenvalue weighted by molar-refractivity contribution is -0.134. The Balaban J connectivity index is 2.48. The maximum absolute atomic E-state index is 11.3. The number of aryl methyl sites for hydroxylation is 1. The zero-order chi connectivity index (χ0) is 15.6. The number of amides is 1. The molecule has 0 aliphatic heterocycles. The molecule has 0 fully saturated rings. The number of hydrogen-bond donors (Lipinski definition) is 3. The van der Waals surface area contributed by atoms with Gasteiger partial charge in [0.25, 0.3) is 0 Å². The van der Waals surface area contributed by atoms with E-state index in [0.29, 0.717) is 16.7 Å². The molecule has 0 aliphatic carbocycles. The van der Waals surface area contributed by atoms with Crippen LogP contribution in [0.15, 0.2) is 27.0 Å². The summed E-state index contributed by atoms with van der Waals surface area (Å²) >= 11 is 0. The number of aliphatic carboxylic acids is 1. The number of carbonyl (C=O) groups is 2. The van der Waals surface area contributed by atoms with Crippen LogP contribution >= 0.6 is 0 Å². The second-order valence-electron chi connectivity index (χ2n) is 4.49. The molecule has 7 heteroatoms. The maximum Gasteiger partial charge on any atom is 0.417 e. The fraction of sp³-hybridized carbons (Fsp3) is 0.214. The first kappa shape index (κ1) is 14.6. The Labute approximate surface area is 119 Å². The number of aromatic nitrogens is 1. The van der Waals surface area contributed by atoms with Gasteiger partial charge in [-0.3, -0.25) is 9.78 Å². The van der Waals surface area contributed by atoms with Crippen LogP contribution in [0.1, 0.15) is 24.5 Å². The highest BCUT2D eigenvalue weighted by molar-refractivity contribution is 5.97. The van der Waals surface area contributed by atoms with Crippen molar-refractivity contribution in [3.05, 3.63) is 39.5 Å². The molecule has 0 atom stereocenters. The first-order valence-corrected chi connectivity index (χ1v) is 6.29. The van der Waals surface area contributed by atoms with E-state index in [0.717, 1.165) is 5.56 Å². The lowest BCUT2D eigenvalue weighted by Crippen LogP contribution is -2.26. The number of oxazole rings is 1. The molecule has 0 radical (unpaired) electrons. The lowest BCUT2D eigenvalue weighted by Gasteiger charge is -2.05. The molecule has 0 spiro atoms. The molecular formula is C14H14N2O5. The number of carbonyl (C=O) groups excluding carboxylic acids is 1. The lowest BCUT2D eigenvalue weighted by atomic mass is 10.1. The Bertz CT molecular complexity index is 797. The van der Waals surface area contributed by atoms with Gasteiger partial charge in [0.2, 0.25) is 5.91 Å². The quantitative estimate of drug-likeness (QED) is 0.736. The van der Waals surface area contributed by atoms with Crippen molar-refractivity contribution < 1.29 is 19.1 Å². The average Bonchev–Trinajstić information content (AvgIpc) is 2.78. The third-order valence-electron chi connectivity index (χ3n) is 2.89. The van der Waals surface area contributed by atoms with Gasteiger partial charge in [0.1, 0.15) is 5.70 Å². The van der Waals surface area contributed by atoms with E-state index in [4.69, 9.17) is 9.52 Å². The van der Waals surface area contributed by atoms with Gasteiger partial charge in [-0.15, -0.1) is 0 Å². The maximum atomic E-state index is 11.3. The highest BCUT2D eigenvalue weighted by Gasteiger charge is 2.12. The summed E-state index contributed by atoms with van der Waals surface area (Å²) in [4.78, 5) is 36.2. The van der Waals surface area contributed by atoms with E-state index in [2.05, 4.69) is 10.3 Å². The Morgan fingerprint density at radius 1 is 1.43 bits per heavy atom. The number of rotatable bonds is 4. The molecule has 1 aromatic heterocycles. The fourth-order valence-corrected chi connectivity index (χ4v) is 1.89. The Morgan fingerprint density at radius 3 is 2.76 bits per heavy atom. The molecule has 21 heavy (non-hydrogen) atoms. The molecule has 2 aromatic rings. The van der Waals surface area contributed by atoms with Crippen molar-refractivity contribution in [2.45, 2.75) is 20.3 Å². The molecule has 110 valence electrons. The third-order valence-corrected chi connectivity index (χ3v) is 2.89. The zero-order valence-corrected chi connectivity index (χ0v) is 11.5. The summed E-state index contributed by atoms with van der Waals surface area (Å²) in [7, 11) is 0. The van der Waals surface area contributed by atoms with Gasteiger partial charge >= 0.3 is 11.7 Å². The summed E-state index contributed by atoms with van der Waals surface area (Å²) in [5.74, 6) is -2.22. The van der Waals surface area contributed by atoms with Crippen LogP contribution in [-0.2, 0) is 9.59 Å². The summed E-state index contributed by atoms with van der Waals surface area (Å²) in [6.45, 7) is 3.38. The van der Waals surface area contributed by atoms with Crippen molar-refractivity contribution in [2.75, 3.05) is 0 Å². The molecule has 3 N–H and O–H groups in total. The van der Waals surface area contributed by atoms with E-state index >= 15 is 0 Å². The first-order valence-electron chi connectivity index (χ1n) is 6.29. The summed E-state index contributed by atoms with van der Waals surface area (Å²) in [6, 6.07) is 3.22. The van der Waals surface area contributed by atoms with Gasteiger partial charge in [0.15, 0.2) is 5.58 Å². The van der Waals surface area contributed by atoms with Crippen LogP contribution in [0, 0.1) is 6.92 Å². The first-order chi connectivity index (χ1) is 9.90. The standard InChI is InChI=1S/C14H14N2O5/c1-3-11(17)15-9(13(18)19)5-8-4-7(2)12-10(6-8)21-14(20)16-12/h4-6H,3H2,1-2H3,(H,15,17)(H,16,20)(H,18,19). The molecule has 1 aromatic carbocycles. The molecule has 0 aliphatic rings. The van der Waals surface area contributed by atoms with Crippen LogP contribution in [-0.4, -0.2) is 22.0 Å². The predicted molar refractivity (Wildman–Crippen MR) is 75.6 cm³/mol. The number of carboxylic acids is 1. The van der Waals surface area contributed by atoms with E-state index in [-0.39, 0.29) is 12.1 Å². The van der Waals surface area contributed by atoms with Gasteiger partial charge in [-0.1, -0.05) is 6.92 Å². The van der Waals surface area contributed by atoms with E-state index in [1.807, 2.05) is 0 Å². The van der Waals surface area contributed by atoms with Crippen LogP contribution in [0.5, 0.6) is 0 Å². The van der Waals surface area contributed by atoms with E-state index in [9.17, 15) is 14.4 Å². The molecule has 2 rings (SSSR count). The molecule has 1 heterocycles. The van der Waals surface area contributed by atoms with Crippen LogP contribution in [0.2, 0.25) is 0 Å². The van der Waals surface area contributed by atoms with Crippen molar-refractivity contribution in [1.82, 2.24) is 10.3 Å². The van der Waals surface area contributed by atoms with Gasteiger partial charge in [0, 0.05) is 6.42 Å². The number of hydrogen-bond acceptors (Lipinski definition) is 4. The molecule has 0 unspecified atom stereocenters. The SMILES string of the molecule is CCC(=O)NC(=Cc1cc(C)c2[nH]c(=O)oc2c1)C(=O)O. The van der Waals surface area contributed by atoms with Crippen molar-refractivity contribution in [3.8, 4) is 0 Å². The van der Waals surface area contributed by atoms with Crippen LogP contribution in [0.3, 0.4) is 0 Å². The molecular weight excluding hydrogens is 276 g/mol. The highest BCUT2D eigenvalue weighted by Crippen LogP contribution is 2.19. The van der Waals surface area contributed by atoms with Crippen LogP contribution < -0.4 is 11.1 Å². The van der Waals surface area contributed by atoms with E-state index in [1.165, 1.54) is 12.1 Å². The number of aromatic amines is 1. The number of carboxylic acid groups (broad SMARTS) is 1. The summed E-state index contributed by atoms with van der Waals surface area (Å²) in [5, 5.41) is 11.4. The summed E-state index contributed by atoms with van der Waals surface area (Å²) in [6.07, 6.45) is 1.49. The molecule has 0 saturated heterocycles. The summed E-state index contributed by atoms with van der Waals surface area (Å²) < 4.78 is 4.96. The topological polar surface area (TPSA) is 112 Å². The van der Waals surface area contributed by atoms with Gasteiger partial charge in [-0.05, 0) is 36.3 Å². The van der Waals surface area contributed by atoms with Gasteiger partial charge in [-0.2, -0.15) is 0 Å². The van der Waals surface area contributed by atoms with E-state index in [1.54, 1.807) is 19.9 Å². The highest BCUT2D eigenvalue weighted by atomic mass is 16.4. The van der Waals surface area contributed by atoms with Crippen molar-refractivity contribution in [3.63, 3.8) is 0 Å². The fourth-order valence-electron chi connectivity index (χ4n) is 1.89. The Morgan fingerprint density at radius 2 is 2.14 bits per heavy atom. The molecule has 0 bridgehead atoms. The monoisotopic (exact) mass is 290 g/mol. The van der Waals surface area contributed by atoms with Crippen molar-refractivity contribution in [1.29, 1.82) is 0 Å². The van der Waals surface area contributed by atoms with Gasteiger partial charge < -0.3 is 14.8 Å². The third kappa shape index (κ3) is 3.19. The average molecular weight is 290 g/mol. The largest absolute Gasteiger partial charge is 0.477 e. The Hall–Kier alpha value is -2.83. The second kappa shape index (κ2) is 5.66. The number of nitrogens with one attached hydrogen (secondary N) is 2. The number of H-pyrrole nitrogens is 1. The van der Waals surface area contributed by atoms with Gasteiger partial charge in [-0.25, -0.2) is 9.59 Å². The molecule has 0 saturated carbocycles. The summed E-state index contributed by atoms with van der Waals surface area (Å²) in [5.41, 5.74) is 1.90. The smallest absolute Gasteiger partial charge is 0.417 e. The minimum absolute atomic E-state index is 0.176. The second-order valence-corrected chi connectivity index (χ2v) is 4.49. The Kier molecular flexibility index (Phi) is 3.93. The van der Waals surface area contributed by atoms with E-state index < -0.39 is 17.6 Å². The van der Waals surface area contributed by atoms with Crippen LogP contribution in [0.4, 0.5) is 0 Å². The van der Waals surface area contributed by atoms with Crippen LogP contribution in [0.25, 0.3) is 17.2 Å². The normalized spacial score (nSPS) is 11.6. The van der Waals surface area contributed by atoms with Gasteiger partial charge in [0.05, 0.1) is 5.52 Å². The minimum Gasteiger partial charge on any atom is -0.477 e. The molecule has 1 amide bonds. The zero-order valence-electron chi connectivity index (χ0n) is 11.5. The molecule has 7 nitrogen and oxygen atoms in total. The predicted octanol–water partition coefficient (Wildman–Crippen LogP) is 1.38.